The molecule has 3 heteroatoms. The topological polar surface area (TPSA) is 28.2 Å². The van der Waals surface area contributed by atoms with Crippen molar-refractivity contribution in [1.82, 2.24) is 10.3 Å². The van der Waals surface area contributed by atoms with Gasteiger partial charge in [-0.15, -0.1) is 0 Å². The highest BCUT2D eigenvalue weighted by atomic mass is 15.1. The van der Waals surface area contributed by atoms with Crippen molar-refractivity contribution in [2.24, 2.45) is 5.92 Å². The molecule has 1 aromatic heterocycles. The summed E-state index contributed by atoms with van der Waals surface area (Å²) < 4.78 is 0. The number of nitrogens with zero attached hydrogens (tertiary/aromatic N) is 2. The lowest BCUT2D eigenvalue weighted by Crippen LogP contribution is -2.27. The first-order valence-corrected chi connectivity index (χ1v) is 6.92. The molecule has 1 unspecified atom stereocenters. The highest BCUT2D eigenvalue weighted by Gasteiger charge is 2.10. The summed E-state index contributed by atoms with van der Waals surface area (Å²) in [6, 6.07) is 2.61. The SMILES string of the molecule is CCC(C)CN(C)c1cnccc1CNC(C)C. The Morgan fingerprint density at radius 3 is 2.67 bits per heavy atom. The molecule has 102 valence electrons. The first-order chi connectivity index (χ1) is 8.54. The van der Waals surface area contributed by atoms with Gasteiger partial charge in [-0.3, -0.25) is 4.98 Å². The van der Waals surface area contributed by atoms with Crippen molar-refractivity contribution in [2.75, 3.05) is 18.5 Å². The minimum atomic E-state index is 0.505. The van der Waals surface area contributed by atoms with Crippen molar-refractivity contribution in [2.45, 2.75) is 46.7 Å². The van der Waals surface area contributed by atoms with Crippen molar-refractivity contribution in [1.29, 1.82) is 0 Å². The third kappa shape index (κ3) is 4.65. The fourth-order valence-electron chi connectivity index (χ4n) is 1.92. The zero-order chi connectivity index (χ0) is 13.5. The molecule has 0 spiro atoms. The molecule has 1 heterocycles. The van der Waals surface area contributed by atoms with Gasteiger partial charge < -0.3 is 10.2 Å². The zero-order valence-corrected chi connectivity index (χ0v) is 12.4. The van der Waals surface area contributed by atoms with E-state index in [0.717, 1.165) is 13.1 Å². The highest BCUT2D eigenvalue weighted by Crippen LogP contribution is 2.19. The van der Waals surface area contributed by atoms with Crippen LogP contribution in [0.25, 0.3) is 0 Å². The van der Waals surface area contributed by atoms with Crippen LogP contribution in [0, 0.1) is 5.92 Å². The summed E-state index contributed by atoms with van der Waals surface area (Å²) >= 11 is 0. The van der Waals surface area contributed by atoms with Gasteiger partial charge in [0.05, 0.1) is 11.9 Å². The molecule has 18 heavy (non-hydrogen) atoms. The fraction of sp³-hybridized carbons (Fsp3) is 0.667. The molecular formula is C15H27N3. The molecule has 0 saturated carbocycles. The van der Waals surface area contributed by atoms with E-state index in [4.69, 9.17) is 0 Å². The van der Waals surface area contributed by atoms with Crippen LogP contribution in [0.4, 0.5) is 5.69 Å². The molecule has 0 aromatic carbocycles. The van der Waals surface area contributed by atoms with Crippen LogP contribution < -0.4 is 10.2 Å². The van der Waals surface area contributed by atoms with Crippen LogP contribution >= 0.6 is 0 Å². The van der Waals surface area contributed by atoms with Crippen LogP contribution in [-0.2, 0) is 6.54 Å². The summed E-state index contributed by atoms with van der Waals surface area (Å²) in [6.07, 6.45) is 5.06. The lowest BCUT2D eigenvalue weighted by Gasteiger charge is -2.25. The Hall–Kier alpha value is -1.09. The van der Waals surface area contributed by atoms with Crippen LogP contribution in [0.3, 0.4) is 0 Å². The van der Waals surface area contributed by atoms with Crippen molar-refractivity contribution in [3.63, 3.8) is 0 Å². The van der Waals surface area contributed by atoms with Crippen LogP contribution in [0.2, 0.25) is 0 Å². The Morgan fingerprint density at radius 2 is 2.06 bits per heavy atom. The Kier molecular flexibility index (Phi) is 6.13. The molecule has 1 atom stereocenters. The quantitative estimate of drug-likeness (QED) is 0.805. The monoisotopic (exact) mass is 249 g/mol. The number of pyridine rings is 1. The van der Waals surface area contributed by atoms with E-state index in [1.165, 1.54) is 17.7 Å². The predicted octanol–water partition coefficient (Wildman–Crippen LogP) is 3.06. The Morgan fingerprint density at radius 1 is 1.33 bits per heavy atom. The van der Waals surface area contributed by atoms with Gasteiger partial charge in [0.1, 0.15) is 0 Å². The van der Waals surface area contributed by atoms with E-state index in [2.05, 4.69) is 56.0 Å². The maximum Gasteiger partial charge on any atom is 0.0595 e. The average Bonchev–Trinajstić information content (AvgIpc) is 2.36. The second-order valence-electron chi connectivity index (χ2n) is 5.43. The number of anilines is 1. The molecule has 0 radical (unpaired) electrons. The summed E-state index contributed by atoms with van der Waals surface area (Å²) in [7, 11) is 2.15. The maximum absolute atomic E-state index is 4.26. The van der Waals surface area contributed by atoms with E-state index < -0.39 is 0 Å². The Balaban J connectivity index is 2.74. The van der Waals surface area contributed by atoms with Gasteiger partial charge in [-0.1, -0.05) is 34.1 Å². The van der Waals surface area contributed by atoms with Crippen molar-refractivity contribution in [3.05, 3.63) is 24.0 Å². The second kappa shape index (κ2) is 7.37. The predicted molar refractivity (Wildman–Crippen MR) is 78.9 cm³/mol. The van der Waals surface area contributed by atoms with Crippen LogP contribution in [0.5, 0.6) is 0 Å². The van der Waals surface area contributed by atoms with Gasteiger partial charge in [0.15, 0.2) is 0 Å². The summed E-state index contributed by atoms with van der Waals surface area (Å²) in [5, 5.41) is 3.47. The number of rotatable bonds is 7. The van der Waals surface area contributed by atoms with E-state index in [1.54, 1.807) is 0 Å². The molecule has 1 aromatic rings. The molecule has 1 rings (SSSR count). The molecule has 0 aliphatic rings. The van der Waals surface area contributed by atoms with Gasteiger partial charge in [0.2, 0.25) is 0 Å². The molecule has 0 bridgehead atoms. The van der Waals surface area contributed by atoms with Gasteiger partial charge in [-0.2, -0.15) is 0 Å². The first kappa shape index (κ1) is 15.0. The largest absolute Gasteiger partial charge is 0.373 e. The van der Waals surface area contributed by atoms with Gasteiger partial charge in [-0.05, 0) is 17.5 Å². The molecular weight excluding hydrogens is 222 g/mol. The molecule has 0 aliphatic heterocycles. The first-order valence-electron chi connectivity index (χ1n) is 6.92. The lowest BCUT2D eigenvalue weighted by atomic mass is 10.1. The van der Waals surface area contributed by atoms with Crippen LogP contribution in [0.15, 0.2) is 18.5 Å². The Labute approximate surface area is 112 Å². The summed E-state index contributed by atoms with van der Waals surface area (Å²) in [5.74, 6) is 0.709. The summed E-state index contributed by atoms with van der Waals surface area (Å²) in [5.41, 5.74) is 2.57. The van der Waals surface area contributed by atoms with E-state index in [1.807, 2.05) is 12.4 Å². The van der Waals surface area contributed by atoms with Gasteiger partial charge >= 0.3 is 0 Å². The summed E-state index contributed by atoms with van der Waals surface area (Å²) in [4.78, 5) is 6.58. The Bertz CT molecular complexity index is 349. The van der Waals surface area contributed by atoms with Crippen LogP contribution in [-0.4, -0.2) is 24.6 Å². The third-order valence-electron chi connectivity index (χ3n) is 3.28. The summed E-state index contributed by atoms with van der Waals surface area (Å²) in [6.45, 7) is 10.9. The standard InChI is InChI=1S/C15H27N3/c1-6-13(4)11-18(5)15-10-16-8-7-14(15)9-17-12(2)3/h7-8,10,12-13,17H,6,9,11H2,1-5H3. The lowest BCUT2D eigenvalue weighted by molar-refractivity contribution is 0.555. The van der Waals surface area contributed by atoms with Crippen molar-refractivity contribution >= 4 is 5.69 Å². The second-order valence-corrected chi connectivity index (χ2v) is 5.43. The average molecular weight is 249 g/mol. The molecule has 0 saturated heterocycles. The van der Waals surface area contributed by atoms with Crippen molar-refractivity contribution < 1.29 is 0 Å². The minimum Gasteiger partial charge on any atom is -0.373 e. The molecule has 3 nitrogen and oxygen atoms in total. The number of nitrogens with one attached hydrogen (secondary N) is 1. The number of hydrogen-bond acceptors (Lipinski definition) is 3. The van der Waals surface area contributed by atoms with Crippen LogP contribution in [0.1, 0.15) is 39.7 Å². The highest BCUT2D eigenvalue weighted by molar-refractivity contribution is 5.51. The van der Waals surface area contributed by atoms with E-state index in [-0.39, 0.29) is 0 Å². The van der Waals surface area contributed by atoms with Gasteiger partial charge in [0, 0.05) is 32.4 Å². The van der Waals surface area contributed by atoms with Crippen molar-refractivity contribution in [3.8, 4) is 0 Å². The normalized spacial score (nSPS) is 12.8. The maximum atomic E-state index is 4.26. The molecule has 0 aliphatic carbocycles. The fourth-order valence-corrected chi connectivity index (χ4v) is 1.92. The molecule has 0 amide bonds. The van der Waals surface area contributed by atoms with Gasteiger partial charge in [0.25, 0.3) is 0 Å². The molecule has 0 fully saturated rings. The smallest absolute Gasteiger partial charge is 0.0595 e. The molecule has 1 N–H and O–H groups in total. The van der Waals surface area contributed by atoms with E-state index in [9.17, 15) is 0 Å². The number of hydrogen-bond donors (Lipinski definition) is 1. The van der Waals surface area contributed by atoms with E-state index >= 15 is 0 Å². The minimum absolute atomic E-state index is 0.505. The zero-order valence-electron chi connectivity index (χ0n) is 12.4. The third-order valence-corrected chi connectivity index (χ3v) is 3.28. The number of aromatic nitrogens is 1. The van der Waals surface area contributed by atoms with Gasteiger partial charge in [-0.25, -0.2) is 0 Å². The van der Waals surface area contributed by atoms with E-state index in [0.29, 0.717) is 12.0 Å².